The number of carbonyl (C=O) groups is 1. The maximum Gasteiger partial charge on any atom is 0.349 e. The quantitative estimate of drug-likeness (QED) is 0.587. The fourth-order valence-electron chi connectivity index (χ4n) is 2.60. The van der Waals surface area contributed by atoms with Crippen molar-refractivity contribution in [3.05, 3.63) is 63.8 Å². The van der Waals surface area contributed by atoms with E-state index in [-0.39, 0.29) is 12.0 Å². The van der Waals surface area contributed by atoms with E-state index < -0.39 is 11.6 Å². The first kappa shape index (κ1) is 19.0. The fourth-order valence-corrected chi connectivity index (χ4v) is 2.72. The molecule has 5 nitrogen and oxygen atoms in total. The maximum absolute atomic E-state index is 12.4. The number of halogens is 1. The number of hydrogen-bond donors (Lipinski definition) is 0. The Labute approximate surface area is 161 Å². The van der Waals surface area contributed by atoms with Crippen LogP contribution in [0, 0.1) is 0 Å². The smallest absolute Gasteiger partial charge is 0.349 e. The Balaban J connectivity index is 2.00. The van der Waals surface area contributed by atoms with Gasteiger partial charge in [-0.15, -0.1) is 0 Å². The van der Waals surface area contributed by atoms with E-state index in [4.69, 9.17) is 25.5 Å². The molecular formula is C21H19ClO5. The van der Waals surface area contributed by atoms with Crippen molar-refractivity contribution in [3.63, 3.8) is 0 Å². The van der Waals surface area contributed by atoms with Gasteiger partial charge < -0.3 is 13.9 Å². The van der Waals surface area contributed by atoms with Gasteiger partial charge in [-0.25, -0.2) is 4.79 Å². The van der Waals surface area contributed by atoms with Gasteiger partial charge in [0.05, 0.1) is 12.0 Å². The van der Waals surface area contributed by atoms with Crippen LogP contribution >= 0.6 is 11.6 Å². The van der Waals surface area contributed by atoms with Gasteiger partial charge in [-0.05, 0) is 57.2 Å². The molecule has 0 amide bonds. The van der Waals surface area contributed by atoms with Crippen molar-refractivity contribution in [2.45, 2.75) is 26.4 Å². The molecule has 3 aromatic rings. The van der Waals surface area contributed by atoms with Crippen LogP contribution in [0.3, 0.4) is 0 Å². The Hall–Kier alpha value is -2.79. The second-order valence-corrected chi connectivity index (χ2v) is 6.91. The van der Waals surface area contributed by atoms with Crippen LogP contribution in [0.5, 0.6) is 5.75 Å². The van der Waals surface area contributed by atoms with Gasteiger partial charge in [-0.2, -0.15) is 0 Å². The SMILES string of the molecule is CCOC(=O)C(C)(C)Oc1ccc2c(=O)cc(-c3ccc(Cl)cc3)oc2c1. The highest BCUT2D eigenvalue weighted by Crippen LogP contribution is 2.27. The number of ether oxygens (including phenoxy) is 2. The average molecular weight is 387 g/mol. The van der Waals surface area contributed by atoms with Gasteiger partial charge in [0.2, 0.25) is 0 Å². The van der Waals surface area contributed by atoms with E-state index in [1.807, 2.05) is 0 Å². The Morgan fingerprint density at radius 1 is 1.11 bits per heavy atom. The number of hydrogen-bond acceptors (Lipinski definition) is 5. The zero-order chi connectivity index (χ0) is 19.6. The minimum Gasteiger partial charge on any atom is -0.476 e. The normalized spacial score (nSPS) is 11.4. The highest BCUT2D eigenvalue weighted by Gasteiger charge is 2.31. The summed E-state index contributed by atoms with van der Waals surface area (Å²) in [5.41, 5.74) is -0.240. The minimum atomic E-state index is -1.17. The zero-order valence-electron chi connectivity index (χ0n) is 15.2. The molecule has 0 N–H and O–H groups in total. The van der Waals surface area contributed by atoms with E-state index in [9.17, 15) is 9.59 Å². The van der Waals surface area contributed by atoms with Gasteiger partial charge in [-0.3, -0.25) is 4.79 Å². The molecule has 1 aromatic heterocycles. The largest absolute Gasteiger partial charge is 0.476 e. The van der Waals surface area contributed by atoms with Crippen molar-refractivity contribution in [1.29, 1.82) is 0 Å². The van der Waals surface area contributed by atoms with Crippen molar-refractivity contribution in [1.82, 2.24) is 0 Å². The highest BCUT2D eigenvalue weighted by atomic mass is 35.5. The first-order valence-corrected chi connectivity index (χ1v) is 8.88. The molecule has 0 unspecified atom stereocenters. The topological polar surface area (TPSA) is 65.7 Å². The van der Waals surface area contributed by atoms with Crippen LogP contribution in [0.1, 0.15) is 20.8 Å². The molecule has 6 heteroatoms. The first-order chi connectivity index (χ1) is 12.8. The van der Waals surface area contributed by atoms with Crippen LogP contribution in [-0.4, -0.2) is 18.2 Å². The average Bonchev–Trinajstić information content (AvgIpc) is 2.62. The summed E-state index contributed by atoms with van der Waals surface area (Å²) in [5, 5.41) is 1.02. The predicted molar refractivity (Wildman–Crippen MR) is 104 cm³/mol. The molecule has 0 saturated heterocycles. The Kier molecular flexibility index (Phi) is 5.24. The van der Waals surface area contributed by atoms with Gasteiger partial charge in [-0.1, -0.05) is 11.6 Å². The van der Waals surface area contributed by atoms with E-state index >= 15 is 0 Å². The summed E-state index contributed by atoms with van der Waals surface area (Å²) in [6, 6.07) is 13.3. The van der Waals surface area contributed by atoms with Crippen LogP contribution in [0.25, 0.3) is 22.3 Å². The highest BCUT2D eigenvalue weighted by molar-refractivity contribution is 6.30. The van der Waals surface area contributed by atoms with Crippen LogP contribution in [0.4, 0.5) is 0 Å². The van der Waals surface area contributed by atoms with Crippen molar-refractivity contribution in [3.8, 4) is 17.1 Å². The molecule has 0 aliphatic rings. The van der Waals surface area contributed by atoms with Gasteiger partial charge >= 0.3 is 5.97 Å². The lowest BCUT2D eigenvalue weighted by atomic mass is 10.1. The number of carbonyl (C=O) groups excluding carboxylic acids is 1. The Morgan fingerprint density at radius 3 is 2.48 bits per heavy atom. The molecule has 0 spiro atoms. The molecule has 0 aliphatic heterocycles. The first-order valence-electron chi connectivity index (χ1n) is 8.50. The molecule has 0 radical (unpaired) electrons. The third-order valence-corrected chi connectivity index (χ3v) is 4.22. The number of esters is 1. The molecule has 3 rings (SSSR count). The van der Waals surface area contributed by atoms with E-state index in [2.05, 4.69) is 0 Å². The van der Waals surface area contributed by atoms with E-state index in [1.165, 1.54) is 6.07 Å². The van der Waals surface area contributed by atoms with Crippen molar-refractivity contribution >= 4 is 28.5 Å². The number of rotatable bonds is 5. The molecule has 0 fully saturated rings. The molecular weight excluding hydrogens is 368 g/mol. The van der Waals surface area contributed by atoms with E-state index in [0.717, 1.165) is 5.56 Å². The number of fused-ring (bicyclic) bond motifs is 1. The molecule has 27 heavy (non-hydrogen) atoms. The standard InChI is InChI=1S/C21H19ClO5/c1-4-25-20(24)21(2,3)27-15-9-10-16-17(23)12-18(26-19(16)11-15)13-5-7-14(22)8-6-13/h5-12H,4H2,1-3H3. The molecule has 1 heterocycles. The Morgan fingerprint density at radius 2 is 1.81 bits per heavy atom. The summed E-state index contributed by atoms with van der Waals surface area (Å²) in [4.78, 5) is 24.5. The van der Waals surface area contributed by atoms with Gasteiger partial charge in [0.25, 0.3) is 0 Å². The van der Waals surface area contributed by atoms with Crippen LogP contribution in [0.2, 0.25) is 5.02 Å². The number of benzene rings is 2. The fraction of sp³-hybridized carbons (Fsp3) is 0.238. The molecule has 0 aliphatic carbocycles. The monoisotopic (exact) mass is 386 g/mol. The maximum atomic E-state index is 12.4. The second-order valence-electron chi connectivity index (χ2n) is 6.47. The lowest BCUT2D eigenvalue weighted by Gasteiger charge is -2.24. The lowest BCUT2D eigenvalue weighted by molar-refractivity contribution is -0.158. The summed E-state index contributed by atoms with van der Waals surface area (Å²) in [6.07, 6.45) is 0. The summed E-state index contributed by atoms with van der Waals surface area (Å²) >= 11 is 5.91. The van der Waals surface area contributed by atoms with Crippen LogP contribution < -0.4 is 10.2 Å². The van der Waals surface area contributed by atoms with Crippen LogP contribution in [0.15, 0.2) is 57.7 Å². The van der Waals surface area contributed by atoms with Gasteiger partial charge in [0.1, 0.15) is 17.1 Å². The molecule has 140 valence electrons. The summed E-state index contributed by atoms with van der Waals surface area (Å²) in [5.74, 6) is 0.351. The third-order valence-electron chi connectivity index (χ3n) is 3.97. The lowest BCUT2D eigenvalue weighted by Crippen LogP contribution is -2.39. The zero-order valence-corrected chi connectivity index (χ0v) is 16.0. The second kappa shape index (κ2) is 7.45. The predicted octanol–water partition coefficient (Wildman–Crippen LogP) is 4.83. The van der Waals surface area contributed by atoms with E-state index in [0.29, 0.717) is 27.5 Å². The molecule has 2 aromatic carbocycles. The minimum absolute atomic E-state index is 0.169. The molecule has 0 bridgehead atoms. The summed E-state index contributed by atoms with van der Waals surface area (Å²) in [6.45, 7) is 5.24. The van der Waals surface area contributed by atoms with Crippen molar-refractivity contribution in [2.24, 2.45) is 0 Å². The van der Waals surface area contributed by atoms with Crippen molar-refractivity contribution < 1.29 is 18.7 Å². The molecule has 0 atom stereocenters. The van der Waals surface area contributed by atoms with Gasteiger partial charge in [0, 0.05) is 22.7 Å². The van der Waals surface area contributed by atoms with Gasteiger partial charge in [0.15, 0.2) is 11.0 Å². The summed E-state index contributed by atoms with van der Waals surface area (Å²) in [7, 11) is 0. The third kappa shape index (κ3) is 4.14. The summed E-state index contributed by atoms with van der Waals surface area (Å²) < 4.78 is 16.7. The van der Waals surface area contributed by atoms with Crippen molar-refractivity contribution in [2.75, 3.05) is 6.61 Å². The van der Waals surface area contributed by atoms with E-state index in [1.54, 1.807) is 63.2 Å². The van der Waals surface area contributed by atoms with Crippen LogP contribution in [-0.2, 0) is 9.53 Å². The Bertz CT molecular complexity index is 1030. The molecule has 0 saturated carbocycles.